The van der Waals surface area contributed by atoms with Crippen molar-refractivity contribution in [2.24, 2.45) is 0 Å². The summed E-state index contributed by atoms with van der Waals surface area (Å²) < 4.78 is 5.59. The maximum atomic E-state index is 11.0. The van der Waals surface area contributed by atoms with E-state index in [1.54, 1.807) is 7.05 Å². The number of Topliss-reactive ketones (excluding diaryl/α,β-unsaturated/α-hetero) is 1. The number of ether oxygens (including phenoxy) is 1. The van der Waals surface area contributed by atoms with Crippen LogP contribution in [0, 0.1) is 0 Å². The van der Waals surface area contributed by atoms with Crippen molar-refractivity contribution in [2.75, 3.05) is 13.7 Å². The van der Waals surface area contributed by atoms with E-state index in [0.29, 0.717) is 31.7 Å². The molecular formula is C11H19NO3. The zero-order valence-corrected chi connectivity index (χ0v) is 9.25. The van der Waals surface area contributed by atoms with Crippen LogP contribution in [0.3, 0.4) is 0 Å². The highest BCUT2D eigenvalue weighted by Gasteiger charge is 2.18. The smallest absolute Gasteiger partial charge is 0.219 e. The molecule has 1 aliphatic rings. The summed E-state index contributed by atoms with van der Waals surface area (Å²) in [6, 6.07) is 0. The molecule has 0 spiro atoms. The number of carbonyl (C=O) groups is 2. The molecule has 1 aliphatic carbocycles. The van der Waals surface area contributed by atoms with Gasteiger partial charge in [0.1, 0.15) is 5.78 Å². The van der Waals surface area contributed by atoms with Crippen LogP contribution in [-0.2, 0) is 14.3 Å². The third kappa shape index (κ3) is 4.93. The molecule has 15 heavy (non-hydrogen) atoms. The molecule has 4 nitrogen and oxygen atoms in total. The van der Waals surface area contributed by atoms with Gasteiger partial charge in [-0.2, -0.15) is 0 Å². The van der Waals surface area contributed by atoms with Crippen molar-refractivity contribution >= 4 is 11.7 Å². The van der Waals surface area contributed by atoms with Gasteiger partial charge in [-0.25, -0.2) is 0 Å². The monoisotopic (exact) mass is 213 g/mol. The lowest BCUT2D eigenvalue weighted by atomic mass is 9.96. The Morgan fingerprint density at radius 2 is 2.13 bits per heavy atom. The van der Waals surface area contributed by atoms with Crippen LogP contribution in [0.4, 0.5) is 0 Å². The van der Waals surface area contributed by atoms with Gasteiger partial charge in [-0.05, 0) is 19.3 Å². The Hall–Kier alpha value is -0.900. The first-order chi connectivity index (χ1) is 7.22. The molecule has 1 N–H and O–H groups in total. The van der Waals surface area contributed by atoms with Gasteiger partial charge in [0.25, 0.3) is 0 Å². The van der Waals surface area contributed by atoms with E-state index in [0.717, 1.165) is 19.3 Å². The van der Waals surface area contributed by atoms with Gasteiger partial charge in [-0.15, -0.1) is 0 Å². The first-order valence-corrected chi connectivity index (χ1v) is 5.56. The molecule has 4 heteroatoms. The van der Waals surface area contributed by atoms with E-state index >= 15 is 0 Å². The molecular weight excluding hydrogens is 194 g/mol. The lowest BCUT2D eigenvalue weighted by molar-refractivity contribution is -0.123. The van der Waals surface area contributed by atoms with Crippen LogP contribution < -0.4 is 5.32 Å². The van der Waals surface area contributed by atoms with Crippen LogP contribution in [-0.4, -0.2) is 31.4 Å². The highest BCUT2D eigenvalue weighted by molar-refractivity contribution is 5.79. The second kappa shape index (κ2) is 6.56. The summed E-state index contributed by atoms with van der Waals surface area (Å²) >= 11 is 0. The van der Waals surface area contributed by atoms with Crippen LogP contribution in [0.2, 0.25) is 0 Å². The van der Waals surface area contributed by atoms with Gasteiger partial charge in [0, 0.05) is 32.9 Å². The maximum Gasteiger partial charge on any atom is 0.219 e. The number of carbonyl (C=O) groups excluding carboxylic acids is 2. The summed E-state index contributed by atoms with van der Waals surface area (Å²) in [5.41, 5.74) is 0. The van der Waals surface area contributed by atoms with E-state index in [9.17, 15) is 9.59 Å². The predicted octanol–water partition coefficient (Wildman–Crippen LogP) is 1.04. The zero-order chi connectivity index (χ0) is 11.1. The van der Waals surface area contributed by atoms with E-state index in [4.69, 9.17) is 4.74 Å². The largest absolute Gasteiger partial charge is 0.378 e. The second-order valence-electron chi connectivity index (χ2n) is 3.89. The number of hydrogen-bond acceptors (Lipinski definition) is 3. The molecule has 0 aromatic carbocycles. The Morgan fingerprint density at radius 3 is 2.73 bits per heavy atom. The first kappa shape index (κ1) is 12.2. The SMILES string of the molecule is CNC(=O)CCCOC1CCC(=O)CC1. The Kier molecular flexibility index (Phi) is 5.32. The fraction of sp³-hybridized carbons (Fsp3) is 0.818. The van der Waals surface area contributed by atoms with Crippen molar-refractivity contribution in [2.45, 2.75) is 44.6 Å². The fourth-order valence-corrected chi connectivity index (χ4v) is 1.69. The third-order valence-corrected chi connectivity index (χ3v) is 2.67. The maximum absolute atomic E-state index is 11.0. The quantitative estimate of drug-likeness (QED) is 0.694. The summed E-state index contributed by atoms with van der Waals surface area (Å²) in [6.07, 6.45) is 4.50. The number of hydrogen-bond donors (Lipinski definition) is 1. The number of rotatable bonds is 5. The van der Waals surface area contributed by atoms with E-state index in [2.05, 4.69) is 5.32 Å². The summed E-state index contributed by atoms with van der Waals surface area (Å²) in [6.45, 7) is 0.617. The molecule has 86 valence electrons. The molecule has 0 radical (unpaired) electrons. The summed E-state index contributed by atoms with van der Waals surface area (Å²) in [5.74, 6) is 0.401. The van der Waals surface area contributed by atoms with Crippen molar-refractivity contribution in [3.8, 4) is 0 Å². The second-order valence-corrected chi connectivity index (χ2v) is 3.89. The number of nitrogens with one attached hydrogen (secondary N) is 1. The van der Waals surface area contributed by atoms with Crippen LogP contribution in [0.1, 0.15) is 38.5 Å². The van der Waals surface area contributed by atoms with Crippen LogP contribution in [0.15, 0.2) is 0 Å². The minimum atomic E-state index is 0.0532. The molecule has 0 aliphatic heterocycles. The summed E-state index contributed by atoms with van der Waals surface area (Å²) in [7, 11) is 1.63. The predicted molar refractivity (Wildman–Crippen MR) is 56.5 cm³/mol. The van der Waals surface area contributed by atoms with Crippen molar-refractivity contribution < 1.29 is 14.3 Å². The number of amides is 1. The Bertz CT molecular complexity index is 218. The molecule has 0 heterocycles. The normalized spacial score (nSPS) is 17.8. The fourth-order valence-electron chi connectivity index (χ4n) is 1.69. The van der Waals surface area contributed by atoms with Gasteiger partial charge in [0.15, 0.2) is 0 Å². The van der Waals surface area contributed by atoms with Gasteiger partial charge in [0.05, 0.1) is 6.10 Å². The molecule has 0 bridgehead atoms. The van der Waals surface area contributed by atoms with Crippen molar-refractivity contribution in [3.05, 3.63) is 0 Å². The van der Waals surface area contributed by atoms with Crippen molar-refractivity contribution in [1.82, 2.24) is 5.32 Å². The Balaban J connectivity index is 2.00. The first-order valence-electron chi connectivity index (χ1n) is 5.56. The summed E-state index contributed by atoms with van der Waals surface area (Å²) in [5, 5.41) is 2.57. The lowest BCUT2D eigenvalue weighted by Crippen LogP contribution is -2.23. The molecule has 1 saturated carbocycles. The van der Waals surface area contributed by atoms with E-state index in [1.165, 1.54) is 0 Å². The average Bonchev–Trinajstić information content (AvgIpc) is 2.26. The lowest BCUT2D eigenvalue weighted by Gasteiger charge is -2.21. The highest BCUT2D eigenvalue weighted by Crippen LogP contribution is 2.18. The third-order valence-electron chi connectivity index (χ3n) is 2.67. The van der Waals surface area contributed by atoms with Crippen LogP contribution >= 0.6 is 0 Å². The van der Waals surface area contributed by atoms with Crippen molar-refractivity contribution in [3.63, 3.8) is 0 Å². The molecule has 0 saturated heterocycles. The zero-order valence-electron chi connectivity index (χ0n) is 9.25. The van der Waals surface area contributed by atoms with Gasteiger partial charge in [-0.1, -0.05) is 0 Å². The van der Waals surface area contributed by atoms with Crippen molar-refractivity contribution in [1.29, 1.82) is 0 Å². The molecule has 1 rings (SSSR count). The molecule has 1 amide bonds. The van der Waals surface area contributed by atoms with Gasteiger partial charge in [0.2, 0.25) is 5.91 Å². The topological polar surface area (TPSA) is 55.4 Å². The molecule has 0 atom stereocenters. The average molecular weight is 213 g/mol. The molecule has 1 fully saturated rings. The van der Waals surface area contributed by atoms with Crippen LogP contribution in [0.25, 0.3) is 0 Å². The van der Waals surface area contributed by atoms with E-state index in [-0.39, 0.29) is 12.0 Å². The summed E-state index contributed by atoms with van der Waals surface area (Å²) in [4.78, 5) is 21.9. The van der Waals surface area contributed by atoms with Gasteiger partial charge < -0.3 is 10.1 Å². The highest BCUT2D eigenvalue weighted by atomic mass is 16.5. The Labute approximate surface area is 90.4 Å². The molecule has 0 unspecified atom stereocenters. The van der Waals surface area contributed by atoms with E-state index in [1.807, 2.05) is 0 Å². The molecule has 0 aromatic rings. The minimum absolute atomic E-state index is 0.0532. The van der Waals surface area contributed by atoms with Crippen LogP contribution in [0.5, 0.6) is 0 Å². The number of ketones is 1. The van der Waals surface area contributed by atoms with Gasteiger partial charge >= 0.3 is 0 Å². The Morgan fingerprint density at radius 1 is 1.47 bits per heavy atom. The van der Waals surface area contributed by atoms with E-state index < -0.39 is 0 Å². The standard InChI is InChI=1S/C11H19NO3/c1-12-11(14)3-2-8-15-10-6-4-9(13)5-7-10/h10H,2-8H2,1H3,(H,12,14). The molecule has 0 aromatic heterocycles. The minimum Gasteiger partial charge on any atom is -0.378 e. The van der Waals surface area contributed by atoms with Gasteiger partial charge in [-0.3, -0.25) is 9.59 Å².